The molecule has 1 unspecified atom stereocenters. The molecule has 5 aromatic rings. The van der Waals surface area contributed by atoms with E-state index < -0.39 is 0 Å². The van der Waals surface area contributed by atoms with Gasteiger partial charge in [0, 0.05) is 28.4 Å². The van der Waals surface area contributed by atoms with Crippen LogP contribution in [-0.2, 0) is 6.42 Å². The zero-order chi connectivity index (χ0) is 22.2. The van der Waals surface area contributed by atoms with Crippen LogP contribution >= 0.6 is 0 Å². The van der Waals surface area contributed by atoms with E-state index in [9.17, 15) is 4.79 Å². The molecule has 3 heterocycles. The van der Waals surface area contributed by atoms with Crippen LogP contribution < -0.4 is 5.69 Å². The highest BCUT2D eigenvalue weighted by molar-refractivity contribution is 5.98. The molecule has 32 heavy (non-hydrogen) atoms. The number of hydrogen-bond donors (Lipinski definition) is 5. The third-order valence-electron chi connectivity index (χ3n) is 5.76. The molecule has 0 spiro atoms. The van der Waals surface area contributed by atoms with Crippen LogP contribution in [-0.4, -0.2) is 36.1 Å². The van der Waals surface area contributed by atoms with Crippen molar-refractivity contribution in [1.29, 1.82) is 10.7 Å². The summed E-state index contributed by atoms with van der Waals surface area (Å²) in [7, 11) is 0. The molecular weight excluding hydrogens is 404 g/mol. The van der Waals surface area contributed by atoms with Crippen molar-refractivity contribution in [2.24, 2.45) is 0 Å². The maximum atomic E-state index is 11.4. The van der Waals surface area contributed by atoms with Crippen molar-refractivity contribution in [1.82, 2.24) is 30.4 Å². The first kappa shape index (κ1) is 19.5. The summed E-state index contributed by atoms with van der Waals surface area (Å²) in [6.45, 7) is 1.97. The summed E-state index contributed by atoms with van der Waals surface area (Å²) in [6.07, 6.45) is 1.10. The van der Waals surface area contributed by atoms with Gasteiger partial charge in [-0.15, -0.1) is 0 Å². The summed E-state index contributed by atoms with van der Waals surface area (Å²) in [5.74, 6) is 0.233. The monoisotopic (exact) mass is 424 g/mol. The molecule has 0 radical (unpaired) electrons. The van der Waals surface area contributed by atoms with Gasteiger partial charge < -0.3 is 10.4 Å². The summed E-state index contributed by atoms with van der Waals surface area (Å²) >= 11 is 0. The SMILES string of the molecule is CCC(C(=N)Cc1cccc2[nH]c(-c3n[nH]c4cc(C#N)ccc34)cc12)c1n[nH]c(=O)[nH]1. The smallest absolute Gasteiger partial charge is 0.340 e. The molecule has 0 bridgehead atoms. The predicted molar refractivity (Wildman–Crippen MR) is 122 cm³/mol. The fourth-order valence-corrected chi connectivity index (χ4v) is 4.18. The Morgan fingerprint density at radius 3 is 2.72 bits per heavy atom. The summed E-state index contributed by atoms with van der Waals surface area (Å²) < 4.78 is 0. The second kappa shape index (κ2) is 7.67. The first-order valence-electron chi connectivity index (χ1n) is 10.3. The summed E-state index contributed by atoms with van der Waals surface area (Å²) in [4.78, 5) is 17.5. The number of nitriles is 1. The highest BCUT2D eigenvalue weighted by Gasteiger charge is 2.20. The van der Waals surface area contributed by atoms with E-state index in [1.54, 1.807) is 12.1 Å². The molecule has 0 aliphatic rings. The van der Waals surface area contributed by atoms with Gasteiger partial charge in [-0.3, -0.25) is 10.1 Å². The number of nitrogens with one attached hydrogen (secondary N) is 5. The van der Waals surface area contributed by atoms with Crippen LogP contribution in [0.5, 0.6) is 0 Å². The third-order valence-corrected chi connectivity index (χ3v) is 5.76. The molecule has 0 saturated carbocycles. The Morgan fingerprint density at radius 1 is 1.09 bits per heavy atom. The van der Waals surface area contributed by atoms with Gasteiger partial charge >= 0.3 is 5.69 Å². The van der Waals surface area contributed by atoms with Crippen molar-refractivity contribution in [3.63, 3.8) is 0 Å². The molecule has 9 nitrogen and oxygen atoms in total. The minimum absolute atomic E-state index is 0.257. The number of fused-ring (bicyclic) bond motifs is 2. The summed E-state index contributed by atoms with van der Waals surface area (Å²) in [6, 6.07) is 15.6. The van der Waals surface area contributed by atoms with Crippen LogP contribution in [0.25, 0.3) is 33.2 Å². The molecule has 1 atom stereocenters. The van der Waals surface area contributed by atoms with E-state index in [1.807, 2.05) is 37.3 Å². The van der Waals surface area contributed by atoms with Gasteiger partial charge in [0.05, 0.1) is 28.8 Å². The number of rotatable bonds is 6. The average Bonchev–Trinajstić information content (AvgIpc) is 3.52. The third kappa shape index (κ3) is 3.28. The van der Waals surface area contributed by atoms with Gasteiger partial charge in [0.15, 0.2) is 0 Å². The highest BCUT2D eigenvalue weighted by atomic mass is 16.1. The van der Waals surface area contributed by atoms with Crippen molar-refractivity contribution in [3.8, 4) is 17.5 Å². The number of aromatic amines is 4. The minimum Gasteiger partial charge on any atom is -0.353 e. The average molecular weight is 424 g/mol. The number of aromatic nitrogens is 6. The second-order valence-electron chi connectivity index (χ2n) is 7.73. The highest BCUT2D eigenvalue weighted by Crippen LogP contribution is 2.31. The first-order valence-corrected chi connectivity index (χ1v) is 10.3. The van der Waals surface area contributed by atoms with Crippen molar-refractivity contribution >= 4 is 27.5 Å². The van der Waals surface area contributed by atoms with Gasteiger partial charge in [-0.1, -0.05) is 19.1 Å². The Morgan fingerprint density at radius 2 is 1.97 bits per heavy atom. The van der Waals surface area contributed by atoms with Gasteiger partial charge in [-0.05, 0) is 42.3 Å². The zero-order valence-electron chi connectivity index (χ0n) is 17.3. The quantitative estimate of drug-likeness (QED) is 0.263. The Hall–Kier alpha value is -4.45. The molecule has 5 rings (SSSR count). The van der Waals surface area contributed by atoms with E-state index in [-0.39, 0.29) is 11.6 Å². The Balaban J connectivity index is 1.51. The minimum atomic E-state index is -0.364. The molecule has 0 amide bonds. The van der Waals surface area contributed by atoms with Crippen LogP contribution in [0.1, 0.15) is 36.2 Å². The molecule has 0 aliphatic heterocycles. The molecule has 2 aromatic carbocycles. The van der Waals surface area contributed by atoms with Gasteiger partial charge in [0.25, 0.3) is 0 Å². The molecule has 158 valence electrons. The maximum Gasteiger partial charge on any atom is 0.340 e. The fraction of sp³-hybridized carbons (Fsp3) is 0.174. The van der Waals surface area contributed by atoms with E-state index in [2.05, 4.69) is 36.4 Å². The number of benzene rings is 2. The van der Waals surface area contributed by atoms with Crippen LogP contribution in [0.2, 0.25) is 0 Å². The first-order chi connectivity index (χ1) is 15.6. The van der Waals surface area contributed by atoms with Gasteiger partial charge in [-0.2, -0.15) is 15.5 Å². The number of H-pyrrole nitrogens is 4. The van der Waals surface area contributed by atoms with E-state index in [0.29, 0.717) is 29.9 Å². The zero-order valence-corrected chi connectivity index (χ0v) is 17.3. The van der Waals surface area contributed by atoms with Gasteiger partial charge in [0.2, 0.25) is 0 Å². The molecule has 9 heteroatoms. The van der Waals surface area contributed by atoms with Gasteiger partial charge in [-0.25, -0.2) is 9.89 Å². The Kier molecular flexibility index (Phi) is 4.67. The Labute approximate surface area is 182 Å². The lowest BCUT2D eigenvalue weighted by Crippen LogP contribution is -2.16. The molecule has 3 aromatic heterocycles. The van der Waals surface area contributed by atoms with Crippen molar-refractivity contribution < 1.29 is 0 Å². The van der Waals surface area contributed by atoms with Crippen LogP contribution in [0.3, 0.4) is 0 Å². The van der Waals surface area contributed by atoms with Crippen molar-refractivity contribution in [2.45, 2.75) is 25.7 Å². The lowest BCUT2D eigenvalue weighted by molar-refractivity contribution is 0.763. The lowest BCUT2D eigenvalue weighted by Gasteiger charge is -2.14. The largest absolute Gasteiger partial charge is 0.353 e. The van der Waals surface area contributed by atoms with E-state index in [4.69, 9.17) is 10.7 Å². The molecular formula is C23H20N8O. The normalized spacial score (nSPS) is 12.2. The van der Waals surface area contributed by atoms with Crippen LogP contribution in [0.4, 0.5) is 0 Å². The molecule has 0 fully saturated rings. The number of hydrogen-bond acceptors (Lipinski definition) is 5. The molecule has 0 saturated heterocycles. The standard InChI is InChI=1S/C23H20N8O/c1-2-14(22-27-23(32)31-30-22)17(25)9-13-4-3-5-18-16(13)10-20(26-18)21-15-7-6-12(11-24)8-19(15)28-29-21/h3-8,10,14,25-26H,2,9H2,1H3,(H,28,29)(H2,27,30,31,32). The van der Waals surface area contributed by atoms with Crippen molar-refractivity contribution in [2.75, 3.05) is 0 Å². The Bertz CT molecular complexity index is 1560. The van der Waals surface area contributed by atoms with Gasteiger partial charge in [0.1, 0.15) is 11.5 Å². The fourth-order valence-electron chi connectivity index (χ4n) is 4.18. The lowest BCUT2D eigenvalue weighted by atomic mass is 9.93. The predicted octanol–water partition coefficient (Wildman–Crippen LogP) is 3.75. The number of nitrogens with zero attached hydrogens (tertiary/aromatic N) is 3. The molecule has 0 aliphatic carbocycles. The maximum absolute atomic E-state index is 11.4. The topological polar surface area (TPSA) is 154 Å². The van der Waals surface area contributed by atoms with E-state index in [0.717, 1.165) is 38.8 Å². The van der Waals surface area contributed by atoms with E-state index >= 15 is 0 Å². The summed E-state index contributed by atoms with van der Waals surface area (Å²) in [5.41, 5.74) is 5.11. The molecule has 5 N–H and O–H groups in total. The van der Waals surface area contributed by atoms with Crippen LogP contribution in [0.15, 0.2) is 47.3 Å². The summed E-state index contributed by atoms with van der Waals surface area (Å²) in [5, 5.41) is 33.6. The second-order valence-corrected chi connectivity index (χ2v) is 7.73. The van der Waals surface area contributed by atoms with E-state index in [1.165, 1.54) is 0 Å². The van der Waals surface area contributed by atoms with Crippen LogP contribution in [0, 0.1) is 16.7 Å². The van der Waals surface area contributed by atoms with Crippen molar-refractivity contribution in [3.05, 3.63) is 69.9 Å².